The molecule has 3 heterocycles. The maximum Gasteiger partial charge on any atom is 0.277 e. The van der Waals surface area contributed by atoms with Crippen molar-refractivity contribution >= 4 is 26.7 Å². The molecule has 0 aliphatic carbocycles. The molecule has 11 heteroatoms. The number of halogens is 2. The molecule has 0 aliphatic heterocycles. The van der Waals surface area contributed by atoms with Crippen LogP contribution in [0.15, 0.2) is 59.5 Å². The van der Waals surface area contributed by atoms with E-state index >= 15 is 0 Å². The molecular formula is C25H27F2N6O2P. The van der Waals surface area contributed by atoms with Crippen LogP contribution in [0.4, 0.5) is 20.3 Å². The molecule has 0 fully saturated rings. The lowest BCUT2D eigenvalue weighted by Crippen LogP contribution is -2.19. The van der Waals surface area contributed by atoms with Crippen molar-refractivity contribution in [2.24, 2.45) is 0 Å². The average Bonchev–Trinajstić information content (AvgIpc) is 3.51. The van der Waals surface area contributed by atoms with E-state index in [1.54, 1.807) is 16.9 Å². The second kappa shape index (κ2) is 10.5. The van der Waals surface area contributed by atoms with E-state index in [4.69, 9.17) is 9.52 Å². The normalized spacial score (nSPS) is 12.4. The van der Waals surface area contributed by atoms with Gasteiger partial charge in [0.25, 0.3) is 11.6 Å². The first-order chi connectivity index (χ1) is 17.1. The number of hydrogen-bond donors (Lipinski definition) is 2. The number of benzene rings is 1. The van der Waals surface area contributed by atoms with Gasteiger partial charge < -0.3 is 15.1 Å². The summed E-state index contributed by atoms with van der Waals surface area (Å²) < 4.78 is 33.5. The highest BCUT2D eigenvalue weighted by atomic mass is 31.0. The van der Waals surface area contributed by atoms with Crippen molar-refractivity contribution in [3.05, 3.63) is 72.0 Å². The fourth-order valence-corrected chi connectivity index (χ4v) is 3.54. The Kier molecular flexibility index (Phi) is 7.45. The highest BCUT2D eigenvalue weighted by molar-refractivity contribution is 7.18. The van der Waals surface area contributed by atoms with Gasteiger partial charge in [-0.15, -0.1) is 0 Å². The number of nitrogens with one attached hydrogen (secondary N) is 2. The third-order valence-electron chi connectivity index (χ3n) is 5.62. The fraction of sp³-hybridized carbons (Fsp3) is 0.280. The van der Waals surface area contributed by atoms with Crippen LogP contribution in [-0.2, 0) is 0 Å². The summed E-state index contributed by atoms with van der Waals surface area (Å²) in [5.41, 5.74) is 0.989. The van der Waals surface area contributed by atoms with E-state index in [-0.39, 0.29) is 23.3 Å². The van der Waals surface area contributed by atoms with Crippen molar-refractivity contribution in [3.63, 3.8) is 0 Å². The number of aromatic nitrogens is 4. The highest BCUT2D eigenvalue weighted by Crippen LogP contribution is 2.28. The molecule has 0 aliphatic rings. The van der Waals surface area contributed by atoms with Gasteiger partial charge in [0, 0.05) is 17.7 Å². The Bertz CT molecular complexity index is 1350. The molecule has 2 N–H and O–H groups in total. The first-order valence-corrected chi connectivity index (χ1v) is 12.0. The van der Waals surface area contributed by atoms with Gasteiger partial charge in [-0.3, -0.25) is 4.79 Å². The Morgan fingerprint density at radius 3 is 2.69 bits per heavy atom. The molecule has 0 saturated heterocycles. The molecule has 8 nitrogen and oxygen atoms in total. The number of oxazole rings is 1. The summed E-state index contributed by atoms with van der Waals surface area (Å²) in [6.45, 7) is 5.53. The Balaban J connectivity index is 1.54. The number of carbonyl (C=O) groups excluding carboxylic acids is 1. The summed E-state index contributed by atoms with van der Waals surface area (Å²) in [6.07, 6.45) is 5.33. The number of nitrogens with zero attached hydrogens (tertiary/aromatic N) is 4. The van der Waals surface area contributed by atoms with Gasteiger partial charge in [0.2, 0.25) is 5.89 Å². The molecule has 0 radical (unpaired) electrons. The lowest BCUT2D eigenvalue weighted by Gasteiger charge is -2.11. The smallest absolute Gasteiger partial charge is 0.277 e. The van der Waals surface area contributed by atoms with Crippen LogP contribution in [-0.4, -0.2) is 37.9 Å². The van der Waals surface area contributed by atoms with E-state index < -0.39 is 18.1 Å². The van der Waals surface area contributed by atoms with Crippen LogP contribution in [0.1, 0.15) is 47.9 Å². The standard InChI is InChI=1S/C25H27F2N6O2P/c1-4-16(3)22-19(12-33(32-22)18-7-5-15(2)6-8-18)30-23(34)20-13-35-24(31-20)17-9-10-28-21(11-17)29-14-25(26,27)36/h5-13,16H,4,14,36H2,1-3H3,(H,28,29)(H,30,34). The van der Waals surface area contributed by atoms with Crippen molar-refractivity contribution < 1.29 is 18.0 Å². The highest BCUT2D eigenvalue weighted by Gasteiger charge is 2.22. The van der Waals surface area contributed by atoms with Gasteiger partial charge in [-0.25, -0.2) is 23.4 Å². The van der Waals surface area contributed by atoms with E-state index in [1.165, 1.54) is 27.8 Å². The maximum absolute atomic E-state index is 13.1. The lowest BCUT2D eigenvalue weighted by atomic mass is 10.0. The van der Waals surface area contributed by atoms with Gasteiger partial charge in [-0.2, -0.15) is 5.10 Å². The van der Waals surface area contributed by atoms with Gasteiger partial charge in [-0.1, -0.05) is 40.8 Å². The van der Waals surface area contributed by atoms with Crippen molar-refractivity contribution in [2.75, 3.05) is 17.2 Å². The van der Waals surface area contributed by atoms with Crippen LogP contribution in [0.3, 0.4) is 0 Å². The van der Waals surface area contributed by atoms with Crippen LogP contribution >= 0.6 is 9.24 Å². The molecular weight excluding hydrogens is 485 g/mol. The van der Waals surface area contributed by atoms with E-state index in [9.17, 15) is 13.6 Å². The van der Waals surface area contributed by atoms with Gasteiger partial charge in [-0.05, 0) is 37.6 Å². The topological polar surface area (TPSA) is 97.9 Å². The summed E-state index contributed by atoms with van der Waals surface area (Å²) in [5, 5.41) is 10.2. The molecule has 3 aromatic heterocycles. The zero-order valence-electron chi connectivity index (χ0n) is 20.1. The number of amides is 1. The number of pyridine rings is 1. The van der Waals surface area contributed by atoms with E-state index in [1.807, 2.05) is 38.1 Å². The Hall–Kier alpha value is -3.65. The number of anilines is 2. The predicted molar refractivity (Wildman–Crippen MR) is 138 cm³/mol. The molecule has 1 aromatic carbocycles. The maximum atomic E-state index is 13.1. The van der Waals surface area contributed by atoms with Crippen molar-refractivity contribution in [2.45, 2.75) is 38.8 Å². The summed E-state index contributed by atoms with van der Waals surface area (Å²) in [6, 6.07) is 11.1. The summed E-state index contributed by atoms with van der Waals surface area (Å²) in [5.74, 6) is 0.0749. The second-order valence-corrected chi connectivity index (χ2v) is 9.40. The van der Waals surface area contributed by atoms with Gasteiger partial charge in [0.05, 0.1) is 29.8 Å². The van der Waals surface area contributed by atoms with Gasteiger partial charge in [0.15, 0.2) is 5.69 Å². The second-order valence-electron chi connectivity index (χ2n) is 8.55. The molecule has 0 saturated carbocycles. The quantitative estimate of drug-likeness (QED) is 0.272. The van der Waals surface area contributed by atoms with Crippen molar-refractivity contribution in [1.82, 2.24) is 19.7 Å². The van der Waals surface area contributed by atoms with E-state index in [0.29, 0.717) is 11.3 Å². The number of carbonyl (C=O) groups is 1. The van der Waals surface area contributed by atoms with Gasteiger partial charge in [0.1, 0.15) is 12.1 Å². The van der Waals surface area contributed by atoms with Crippen LogP contribution in [0.5, 0.6) is 0 Å². The third-order valence-corrected chi connectivity index (χ3v) is 5.82. The number of alkyl halides is 2. The SMILES string of the molecule is CCC(C)c1nn(-c2ccc(C)cc2)cc1NC(=O)c1coc(-c2ccnc(NCC(F)(F)P)c2)n1. The monoisotopic (exact) mass is 512 g/mol. The minimum Gasteiger partial charge on any atom is -0.444 e. The van der Waals surface area contributed by atoms with Crippen LogP contribution in [0.2, 0.25) is 0 Å². The fourth-order valence-electron chi connectivity index (χ4n) is 3.44. The summed E-state index contributed by atoms with van der Waals surface area (Å²) in [7, 11) is 1.47. The van der Waals surface area contributed by atoms with E-state index in [0.717, 1.165) is 23.4 Å². The zero-order chi connectivity index (χ0) is 25.9. The predicted octanol–water partition coefficient (Wildman–Crippen LogP) is 5.88. The van der Waals surface area contributed by atoms with Crippen LogP contribution in [0, 0.1) is 6.92 Å². The van der Waals surface area contributed by atoms with Crippen LogP contribution < -0.4 is 10.6 Å². The molecule has 1 amide bonds. The zero-order valence-corrected chi connectivity index (χ0v) is 21.3. The molecule has 0 bridgehead atoms. The molecule has 0 spiro atoms. The summed E-state index contributed by atoms with van der Waals surface area (Å²) in [4.78, 5) is 21.3. The summed E-state index contributed by atoms with van der Waals surface area (Å²) >= 11 is 0. The van der Waals surface area contributed by atoms with Crippen molar-refractivity contribution in [3.8, 4) is 17.1 Å². The molecule has 2 unspecified atom stereocenters. The minimum atomic E-state index is -2.97. The Labute approximate surface area is 209 Å². The number of rotatable bonds is 9. The molecule has 4 rings (SSSR count). The number of hydrogen-bond acceptors (Lipinski definition) is 6. The molecule has 188 valence electrons. The number of aryl methyl sites for hydroxylation is 1. The minimum absolute atomic E-state index is 0.0750. The third kappa shape index (κ3) is 6.12. The largest absolute Gasteiger partial charge is 0.444 e. The first-order valence-electron chi connectivity index (χ1n) is 11.4. The van der Waals surface area contributed by atoms with E-state index in [2.05, 4.69) is 27.5 Å². The molecule has 2 atom stereocenters. The Morgan fingerprint density at radius 2 is 2.00 bits per heavy atom. The average molecular weight is 513 g/mol. The first kappa shape index (κ1) is 25.4. The van der Waals surface area contributed by atoms with Crippen molar-refractivity contribution in [1.29, 1.82) is 0 Å². The van der Waals surface area contributed by atoms with Gasteiger partial charge >= 0.3 is 0 Å². The molecule has 4 aromatic rings. The molecule has 36 heavy (non-hydrogen) atoms. The lowest BCUT2D eigenvalue weighted by molar-refractivity contribution is 0.102. The Morgan fingerprint density at radius 1 is 1.25 bits per heavy atom. The van der Waals surface area contributed by atoms with Crippen LogP contribution in [0.25, 0.3) is 17.1 Å².